The number of halogens is 3. The van der Waals surface area contributed by atoms with E-state index in [-0.39, 0.29) is 5.91 Å². The van der Waals surface area contributed by atoms with Gasteiger partial charge in [-0.25, -0.2) is 4.99 Å². The Hall–Kier alpha value is -1.46. The van der Waals surface area contributed by atoms with Crippen LogP contribution in [0.4, 0.5) is 5.69 Å². The van der Waals surface area contributed by atoms with Crippen LogP contribution in [0.1, 0.15) is 5.56 Å². The van der Waals surface area contributed by atoms with Crippen LogP contribution in [0.3, 0.4) is 0 Å². The lowest BCUT2D eigenvalue weighted by atomic mass is 10.2. The van der Waals surface area contributed by atoms with E-state index >= 15 is 0 Å². The van der Waals surface area contributed by atoms with Crippen LogP contribution in [-0.2, 0) is 4.79 Å². The van der Waals surface area contributed by atoms with Crippen LogP contribution in [0, 0.1) is 0 Å². The van der Waals surface area contributed by atoms with E-state index in [1.165, 1.54) is 11.8 Å². The molecule has 3 nitrogen and oxygen atoms in total. The molecule has 1 amide bonds. The summed E-state index contributed by atoms with van der Waals surface area (Å²) < 4.78 is 0. The number of nitrogens with one attached hydrogen (secondary N) is 1. The molecule has 23 heavy (non-hydrogen) atoms. The first kappa shape index (κ1) is 16.4. The van der Waals surface area contributed by atoms with Crippen LogP contribution in [0.5, 0.6) is 0 Å². The summed E-state index contributed by atoms with van der Waals surface area (Å²) in [6.07, 6.45) is 1.74. The Labute approximate surface area is 152 Å². The number of amidine groups is 1. The largest absolute Gasteiger partial charge is 0.300 e. The summed E-state index contributed by atoms with van der Waals surface area (Å²) >= 11 is 19.2. The highest BCUT2D eigenvalue weighted by Crippen LogP contribution is 2.31. The first-order valence-electron chi connectivity index (χ1n) is 6.52. The summed E-state index contributed by atoms with van der Waals surface area (Å²) in [6.45, 7) is 0. The molecule has 0 bridgehead atoms. The molecule has 0 saturated carbocycles. The predicted octanol–water partition coefficient (Wildman–Crippen LogP) is 5.54. The van der Waals surface area contributed by atoms with Gasteiger partial charge < -0.3 is 5.32 Å². The molecule has 116 valence electrons. The molecule has 7 heteroatoms. The monoisotopic (exact) mass is 382 g/mol. The number of thioether (sulfide) groups is 1. The Balaban J connectivity index is 1.86. The van der Waals surface area contributed by atoms with Crippen LogP contribution in [-0.4, -0.2) is 11.1 Å². The Kier molecular flexibility index (Phi) is 4.97. The molecular formula is C16H9Cl3N2OS. The third-order valence-electron chi connectivity index (χ3n) is 2.98. The molecule has 0 aromatic heterocycles. The Morgan fingerprint density at radius 3 is 2.52 bits per heavy atom. The average Bonchev–Trinajstić information content (AvgIpc) is 2.85. The summed E-state index contributed by atoms with van der Waals surface area (Å²) in [4.78, 5) is 16.9. The number of amides is 1. The minimum Gasteiger partial charge on any atom is -0.300 e. The van der Waals surface area contributed by atoms with Crippen molar-refractivity contribution in [3.05, 3.63) is 68.0 Å². The summed E-state index contributed by atoms with van der Waals surface area (Å²) in [5.41, 5.74) is 1.39. The summed E-state index contributed by atoms with van der Waals surface area (Å²) in [5, 5.41) is 4.65. The van der Waals surface area contributed by atoms with E-state index in [0.717, 1.165) is 5.56 Å². The van der Waals surface area contributed by atoms with Crippen molar-refractivity contribution in [1.29, 1.82) is 0 Å². The first-order valence-corrected chi connectivity index (χ1v) is 8.47. The van der Waals surface area contributed by atoms with Crippen molar-refractivity contribution in [2.45, 2.75) is 0 Å². The normalized spacial score (nSPS) is 17.8. The highest BCUT2D eigenvalue weighted by atomic mass is 35.5. The molecule has 2 aromatic carbocycles. The van der Waals surface area contributed by atoms with E-state index in [0.29, 0.717) is 30.8 Å². The molecule has 0 atom stereocenters. The lowest BCUT2D eigenvalue weighted by Crippen LogP contribution is -2.19. The van der Waals surface area contributed by atoms with Crippen molar-refractivity contribution in [3.63, 3.8) is 0 Å². The van der Waals surface area contributed by atoms with Crippen molar-refractivity contribution >= 4 is 69.4 Å². The van der Waals surface area contributed by atoms with Crippen molar-refractivity contribution in [2.24, 2.45) is 4.99 Å². The van der Waals surface area contributed by atoms with Crippen molar-refractivity contribution in [3.8, 4) is 0 Å². The molecule has 1 aliphatic rings. The van der Waals surface area contributed by atoms with Gasteiger partial charge in [-0.15, -0.1) is 0 Å². The minimum absolute atomic E-state index is 0.214. The number of carbonyl (C=O) groups is 1. The highest BCUT2D eigenvalue weighted by molar-refractivity contribution is 8.18. The lowest BCUT2D eigenvalue weighted by molar-refractivity contribution is -0.115. The van der Waals surface area contributed by atoms with Crippen molar-refractivity contribution < 1.29 is 4.79 Å². The van der Waals surface area contributed by atoms with Gasteiger partial charge in [0.2, 0.25) is 0 Å². The van der Waals surface area contributed by atoms with Crippen molar-refractivity contribution in [2.75, 3.05) is 0 Å². The van der Waals surface area contributed by atoms with E-state index in [1.54, 1.807) is 30.3 Å². The van der Waals surface area contributed by atoms with Crippen LogP contribution in [0.2, 0.25) is 15.1 Å². The summed E-state index contributed by atoms with van der Waals surface area (Å²) in [6, 6.07) is 12.3. The zero-order chi connectivity index (χ0) is 16.4. The molecule has 0 aliphatic carbocycles. The third-order valence-corrected chi connectivity index (χ3v) is 4.97. The molecule has 1 heterocycles. The minimum atomic E-state index is -0.214. The van der Waals surface area contributed by atoms with E-state index in [9.17, 15) is 4.79 Å². The first-order chi connectivity index (χ1) is 11.0. The topological polar surface area (TPSA) is 41.5 Å². The molecular weight excluding hydrogens is 375 g/mol. The molecule has 3 rings (SSSR count). The second-order valence-electron chi connectivity index (χ2n) is 4.60. The molecule has 1 aliphatic heterocycles. The predicted molar refractivity (Wildman–Crippen MR) is 98.7 cm³/mol. The second-order valence-corrected chi connectivity index (χ2v) is 6.85. The van der Waals surface area contributed by atoms with Gasteiger partial charge in [0.05, 0.1) is 20.6 Å². The zero-order valence-corrected chi connectivity index (χ0v) is 14.6. The Morgan fingerprint density at radius 1 is 1.00 bits per heavy atom. The van der Waals surface area contributed by atoms with Crippen molar-refractivity contribution in [1.82, 2.24) is 5.32 Å². The third kappa shape index (κ3) is 3.90. The van der Waals surface area contributed by atoms with Crippen LogP contribution in [0.25, 0.3) is 6.08 Å². The molecule has 2 aromatic rings. The van der Waals surface area contributed by atoms with Gasteiger partial charge in [0.1, 0.15) is 0 Å². The quantitative estimate of drug-likeness (QED) is 0.692. The fraction of sp³-hybridized carbons (Fsp3) is 0. The van der Waals surface area contributed by atoms with Gasteiger partial charge in [0.25, 0.3) is 5.91 Å². The fourth-order valence-corrected chi connectivity index (χ4v) is 3.20. The van der Waals surface area contributed by atoms with Gasteiger partial charge in [-0.3, -0.25) is 4.79 Å². The van der Waals surface area contributed by atoms with Crippen LogP contribution < -0.4 is 5.32 Å². The highest BCUT2D eigenvalue weighted by Gasteiger charge is 2.24. The number of aliphatic imine (C=N–C) groups is 1. The van der Waals surface area contributed by atoms with Gasteiger partial charge in [0, 0.05) is 5.02 Å². The molecule has 0 unspecified atom stereocenters. The Morgan fingerprint density at radius 2 is 1.78 bits per heavy atom. The maximum absolute atomic E-state index is 12.0. The molecule has 0 radical (unpaired) electrons. The summed E-state index contributed by atoms with van der Waals surface area (Å²) in [7, 11) is 0. The van der Waals surface area contributed by atoms with Crippen LogP contribution in [0.15, 0.2) is 52.4 Å². The van der Waals surface area contributed by atoms with Gasteiger partial charge >= 0.3 is 0 Å². The Bertz CT molecular complexity index is 849. The second kappa shape index (κ2) is 6.97. The van der Waals surface area contributed by atoms with E-state index in [1.807, 2.05) is 18.2 Å². The number of benzene rings is 2. The van der Waals surface area contributed by atoms with Crippen LogP contribution >= 0.6 is 46.6 Å². The van der Waals surface area contributed by atoms with E-state index < -0.39 is 0 Å². The maximum atomic E-state index is 12.0. The molecule has 0 spiro atoms. The van der Waals surface area contributed by atoms with Gasteiger partial charge in [-0.1, -0.05) is 53.0 Å². The number of carbonyl (C=O) groups excluding carboxylic acids is 1. The summed E-state index contributed by atoms with van der Waals surface area (Å²) in [5.74, 6) is -0.214. The average molecular weight is 384 g/mol. The molecule has 1 N–H and O–H groups in total. The molecule has 1 fully saturated rings. The molecule has 1 saturated heterocycles. The van der Waals surface area contributed by atoms with Gasteiger partial charge in [-0.05, 0) is 47.7 Å². The number of hydrogen-bond donors (Lipinski definition) is 1. The maximum Gasteiger partial charge on any atom is 0.264 e. The standard InChI is InChI=1S/C16H9Cl3N2OS/c17-11-4-2-1-3-9(11)7-14-15(22)21-16(23-14)20-10-5-6-12(18)13(19)8-10/h1-8H,(H,20,21,22)/b14-7-. The van der Waals surface area contributed by atoms with Gasteiger partial charge in [0.15, 0.2) is 5.17 Å². The van der Waals surface area contributed by atoms with E-state index in [4.69, 9.17) is 34.8 Å². The van der Waals surface area contributed by atoms with Gasteiger partial charge in [-0.2, -0.15) is 0 Å². The number of nitrogens with zero attached hydrogens (tertiary/aromatic N) is 1. The number of hydrogen-bond acceptors (Lipinski definition) is 3. The number of rotatable bonds is 2. The SMILES string of the molecule is O=C1NC(=Nc2ccc(Cl)c(Cl)c2)S/C1=C\c1ccccc1Cl. The lowest BCUT2D eigenvalue weighted by Gasteiger charge is -1.99. The fourth-order valence-electron chi connectivity index (χ4n) is 1.89. The zero-order valence-electron chi connectivity index (χ0n) is 11.5. The van der Waals surface area contributed by atoms with E-state index in [2.05, 4.69) is 10.3 Å². The smallest absolute Gasteiger partial charge is 0.264 e.